The van der Waals surface area contributed by atoms with Crippen molar-refractivity contribution in [2.75, 3.05) is 6.56 Å². The third kappa shape index (κ3) is 3.52. The van der Waals surface area contributed by atoms with Crippen molar-refractivity contribution in [2.24, 2.45) is 0 Å². The van der Waals surface area contributed by atoms with Gasteiger partial charge in [-0.25, -0.2) is 0 Å². The molecule has 0 aromatic rings. The van der Waals surface area contributed by atoms with E-state index in [1.807, 2.05) is 5.92 Å². The zero-order valence-corrected chi connectivity index (χ0v) is 3.45. The standard InChI is InChI=1S/C5H8O/c1-2-3-4-5-6/h6H,2,5H2,1H3/i2D2,5D2. The summed E-state index contributed by atoms with van der Waals surface area (Å²) < 4.78 is 26.6. The second-order valence-corrected chi connectivity index (χ2v) is 0.612. The largest absolute Gasteiger partial charge is 0.384 e. The molecule has 0 aromatic carbocycles. The molecule has 6 heavy (non-hydrogen) atoms. The molecule has 1 N–H and O–H groups in total. The first-order valence-corrected chi connectivity index (χ1v) is 1.47. The second-order valence-electron chi connectivity index (χ2n) is 0.612. The first-order valence-electron chi connectivity index (χ1n) is 3.47. The molecule has 0 radical (unpaired) electrons. The molecule has 0 aromatic heterocycles. The lowest BCUT2D eigenvalue weighted by Gasteiger charge is -1.66. The lowest BCUT2D eigenvalue weighted by atomic mass is 10.5. The van der Waals surface area contributed by atoms with E-state index in [2.05, 4.69) is 0 Å². The van der Waals surface area contributed by atoms with Crippen LogP contribution in [-0.2, 0) is 0 Å². The Morgan fingerprint density at radius 1 is 1.83 bits per heavy atom. The van der Waals surface area contributed by atoms with Gasteiger partial charge in [-0.05, 0) is 0 Å². The SMILES string of the molecule is [2H]C([2H])(C)C#CC([2H])([2H])O. The zero-order valence-electron chi connectivity index (χ0n) is 7.45. The van der Waals surface area contributed by atoms with Crippen LogP contribution >= 0.6 is 0 Å². The highest BCUT2D eigenvalue weighted by Gasteiger charge is 1.56. The number of rotatable bonds is 0. The Morgan fingerprint density at radius 3 is 2.67 bits per heavy atom. The summed E-state index contributed by atoms with van der Waals surface area (Å²) in [5, 5.41) is 8.37. The second kappa shape index (κ2) is 4.52. The van der Waals surface area contributed by atoms with E-state index in [9.17, 15) is 0 Å². The minimum Gasteiger partial charge on any atom is -0.384 e. The maximum atomic E-state index is 8.37. The summed E-state index contributed by atoms with van der Waals surface area (Å²) in [6.07, 6.45) is -1.75. The van der Waals surface area contributed by atoms with Gasteiger partial charge in [0.25, 0.3) is 0 Å². The molecule has 0 bridgehead atoms. The van der Waals surface area contributed by atoms with E-state index < -0.39 is 12.9 Å². The molecule has 0 atom stereocenters. The molecule has 1 heteroatoms. The van der Waals surface area contributed by atoms with Crippen LogP contribution in [0.3, 0.4) is 0 Å². The van der Waals surface area contributed by atoms with Crippen LogP contribution < -0.4 is 0 Å². The van der Waals surface area contributed by atoms with Gasteiger partial charge in [0, 0.05) is 9.11 Å². The predicted molar refractivity (Wildman–Crippen MR) is 25.2 cm³/mol. The molecular weight excluding hydrogens is 76.1 g/mol. The predicted octanol–water partition coefficient (Wildman–Crippen LogP) is 0.392. The normalized spacial score (nSPS) is 21.0. The molecule has 0 aliphatic carbocycles. The quantitative estimate of drug-likeness (QED) is 0.425. The first kappa shape index (κ1) is 1.55. The van der Waals surface area contributed by atoms with Gasteiger partial charge in [0.15, 0.2) is 0 Å². The van der Waals surface area contributed by atoms with Crippen molar-refractivity contribution < 1.29 is 10.6 Å². The van der Waals surface area contributed by atoms with E-state index in [1.54, 1.807) is 5.92 Å². The molecule has 0 spiro atoms. The molecule has 0 amide bonds. The molecule has 1 nitrogen and oxygen atoms in total. The first-order chi connectivity index (χ1) is 4.21. The molecule has 0 saturated heterocycles. The maximum absolute atomic E-state index is 8.37. The van der Waals surface area contributed by atoms with Gasteiger partial charge in [0.1, 0.15) is 6.56 Å². The lowest BCUT2D eigenvalue weighted by molar-refractivity contribution is 0.350. The van der Waals surface area contributed by atoms with Crippen LogP contribution in [0.25, 0.3) is 0 Å². The van der Waals surface area contributed by atoms with E-state index in [-0.39, 0.29) is 0 Å². The average molecular weight is 88.1 g/mol. The lowest BCUT2D eigenvalue weighted by Crippen LogP contribution is -1.68. The van der Waals surface area contributed by atoms with Gasteiger partial charge >= 0.3 is 0 Å². The topological polar surface area (TPSA) is 20.2 Å². The fourth-order valence-corrected chi connectivity index (χ4v) is 0.0905. The van der Waals surface area contributed by atoms with Crippen molar-refractivity contribution in [3.05, 3.63) is 0 Å². The molecule has 0 heterocycles. The van der Waals surface area contributed by atoms with Crippen LogP contribution in [0.1, 0.15) is 18.8 Å². The fraction of sp³-hybridized carbons (Fsp3) is 0.600. The summed E-state index contributed by atoms with van der Waals surface area (Å²) >= 11 is 0. The Labute approximate surface area is 43.6 Å². The molecule has 0 saturated carbocycles. The summed E-state index contributed by atoms with van der Waals surface area (Å²) in [6, 6.07) is 0. The summed E-state index contributed by atoms with van der Waals surface area (Å²) in [4.78, 5) is 0. The van der Waals surface area contributed by atoms with Crippen LogP contribution in [0.5, 0.6) is 0 Å². The monoisotopic (exact) mass is 88.1 g/mol. The van der Waals surface area contributed by atoms with Crippen LogP contribution in [0.2, 0.25) is 0 Å². The van der Waals surface area contributed by atoms with Gasteiger partial charge in [-0.1, -0.05) is 12.8 Å². The fourth-order valence-electron chi connectivity index (χ4n) is 0.0905. The van der Waals surface area contributed by atoms with Gasteiger partial charge in [-0.3, -0.25) is 0 Å². The Morgan fingerprint density at radius 2 is 2.50 bits per heavy atom. The van der Waals surface area contributed by atoms with Crippen molar-refractivity contribution in [1.29, 1.82) is 0 Å². The van der Waals surface area contributed by atoms with Crippen LogP contribution in [0, 0.1) is 11.8 Å². The van der Waals surface area contributed by atoms with Gasteiger partial charge < -0.3 is 5.11 Å². The van der Waals surface area contributed by atoms with E-state index in [0.29, 0.717) is 0 Å². The van der Waals surface area contributed by atoms with Gasteiger partial charge in [-0.15, -0.1) is 5.92 Å². The Kier molecular flexibility index (Phi) is 1.17. The van der Waals surface area contributed by atoms with Gasteiger partial charge in [0.2, 0.25) is 0 Å². The minimum atomic E-state index is -2.59. The molecule has 0 rings (SSSR count). The zero-order chi connectivity index (χ0) is 8.41. The highest BCUT2D eigenvalue weighted by molar-refractivity contribution is 4.96. The van der Waals surface area contributed by atoms with Crippen molar-refractivity contribution in [3.8, 4) is 11.8 Å². The summed E-state index contributed by atoms with van der Waals surface area (Å²) in [7, 11) is 0. The van der Waals surface area contributed by atoms with E-state index in [0.717, 1.165) is 0 Å². The summed E-state index contributed by atoms with van der Waals surface area (Å²) in [5.41, 5.74) is 0. The number of hydrogen-bond acceptors (Lipinski definition) is 1. The van der Waals surface area contributed by atoms with Crippen LogP contribution in [-0.4, -0.2) is 11.7 Å². The van der Waals surface area contributed by atoms with E-state index >= 15 is 0 Å². The summed E-state index contributed by atoms with van der Waals surface area (Å²) in [5.74, 6) is 3.65. The maximum Gasteiger partial charge on any atom is 0.104 e. The van der Waals surface area contributed by atoms with Crippen molar-refractivity contribution in [2.45, 2.75) is 13.3 Å². The van der Waals surface area contributed by atoms with E-state index in [1.165, 1.54) is 6.92 Å². The molecule has 34 valence electrons. The Balaban J connectivity index is 4.19. The average Bonchev–Trinajstić information content (AvgIpc) is 1.57. The van der Waals surface area contributed by atoms with Crippen LogP contribution in [0.15, 0.2) is 0 Å². The van der Waals surface area contributed by atoms with Crippen molar-refractivity contribution in [1.82, 2.24) is 0 Å². The third-order valence-corrected chi connectivity index (χ3v) is 0.243. The molecule has 0 aliphatic rings. The number of hydrogen-bond donors (Lipinski definition) is 1. The smallest absolute Gasteiger partial charge is 0.104 e. The van der Waals surface area contributed by atoms with Crippen molar-refractivity contribution >= 4 is 0 Å². The van der Waals surface area contributed by atoms with Crippen LogP contribution in [0.4, 0.5) is 0 Å². The minimum absolute atomic E-state index is 1.19. The molecular formula is C5H8O. The van der Waals surface area contributed by atoms with Gasteiger partial charge in [0.05, 0.1) is 2.74 Å². The summed E-state index contributed by atoms with van der Waals surface area (Å²) in [6.45, 7) is -1.41. The number of aliphatic hydroxyl groups is 1. The highest BCUT2D eigenvalue weighted by Crippen LogP contribution is 1.63. The highest BCUT2D eigenvalue weighted by atomic mass is 16.2. The Bertz CT molecular complexity index is 147. The third-order valence-electron chi connectivity index (χ3n) is 0.243. The molecule has 0 fully saturated rings. The van der Waals surface area contributed by atoms with E-state index in [4.69, 9.17) is 10.6 Å². The Hall–Kier alpha value is -0.480. The van der Waals surface area contributed by atoms with Crippen molar-refractivity contribution in [3.63, 3.8) is 0 Å². The van der Waals surface area contributed by atoms with Gasteiger partial charge in [-0.2, -0.15) is 0 Å². The molecule has 0 unspecified atom stereocenters. The molecule has 0 aliphatic heterocycles.